The zero-order valence-corrected chi connectivity index (χ0v) is 14.5. The third-order valence-electron chi connectivity index (χ3n) is 5.33. The molecule has 0 aromatic heterocycles. The molecule has 0 spiro atoms. The lowest BCUT2D eigenvalue weighted by Gasteiger charge is -2.23. The van der Waals surface area contributed by atoms with Gasteiger partial charge in [0, 0.05) is 18.7 Å². The van der Waals surface area contributed by atoms with Crippen molar-refractivity contribution in [2.24, 2.45) is 11.8 Å². The third-order valence-corrected chi connectivity index (χ3v) is 7.10. The largest absolute Gasteiger partial charge is 0.349 e. The van der Waals surface area contributed by atoms with E-state index in [4.69, 9.17) is 0 Å². The summed E-state index contributed by atoms with van der Waals surface area (Å²) in [6.07, 6.45) is 4.90. The van der Waals surface area contributed by atoms with Gasteiger partial charge in [-0.2, -0.15) is 0 Å². The monoisotopic (exact) mass is 336 g/mol. The van der Waals surface area contributed by atoms with Crippen LogP contribution in [0.4, 0.5) is 5.69 Å². The summed E-state index contributed by atoms with van der Waals surface area (Å²) in [5.74, 6) is 1.43. The van der Waals surface area contributed by atoms with Crippen LogP contribution < -0.4 is 9.62 Å². The number of fused-ring (bicyclic) bond motifs is 2. The van der Waals surface area contributed by atoms with Crippen LogP contribution in [0.1, 0.15) is 43.0 Å². The number of amides is 1. The van der Waals surface area contributed by atoms with Gasteiger partial charge in [-0.1, -0.05) is 6.42 Å². The van der Waals surface area contributed by atoms with E-state index < -0.39 is 10.0 Å². The molecule has 1 aromatic rings. The number of hydrogen-bond acceptors (Lipinski definition) is 3. The fraction of sp³-hybridized carbons (Fsp3) is 0.588. The summed E-state index contributed by atoms with van der Waals surface area (Å²) < 4.78 is 25.0. The van der Waals surface area contributed by atoms with E-state index in [9.17, 15) is 13.2 Å². The normalized spacial score (nSPS) is 26.3. The number of carbonyl (C=O) groups is 1. The lowest BCUT2D eigenvalue weighted by Crippen LogP contribution is -2.38. The zero-order chi connectivity index (χ0) is 16.6. The standard InChI is InChI=1S/C17H24N2O3S/c1-3-23(21,22)19(2)15-8-6-13(7-9-15)17(20)18-16-11-12-4-5-14(16)10-12/h6-9,12,14,16H,3-5,10-11H2,1-2H3,(H,18,20)/t12-,14-,16-/m0/s1. The van der Waals surface area contributed by atoms with Crippen LogP contribution in [-0.4, -0.2) is 33.2 Å². The van der Waals surface area contributed by atoms with E-state index in [1.807, 2.05) is 0 Å². The topological polar surface area (TPSA) is 66.5 Å². The van der Waals surface area contributed by atoms with Crippen LogP contribution in [0.15, 0.2) is 24.3 Å². The maximum Gasteiger partial charge on any atom is 0.251 e. The van der Waals surface area contributed by atoms with Crippen molar-refractivity contribution in [1.82, 2.24) is 5.32 Å². The minimum absolute atomic E-state index is 0.0516. The van der Waals surface area contributed by atoms with Crippen molar-refractivity contribution in [3.05, 3.63) is 29.8 Å². The molecule has 126 valence electrons. The smallest absolute Gasteiger partial charge is 0.251 e. The molecule has 2 aliphatic carbocycles. The van der Waals surface area contributed by atoms with Gasteiger partial charge in [0.1, 0.15) is 0 Å². The van der Waals surface area contributed by atoms with E-state index in [-0.39, 0.29) is 11.7 Å². The molecule has 0 aliphatic heterocycles. The highest BCUT2D eigenvalue weighted by Gasteiger charge is 2.40. The van der Waals surface area contributed by atoms with Crippen molar-refractivity contribution in [3.8, 4) is 0 Å². The number of nitrogens with one attached hydrogen (secondary N) is 1. The lowest BCUT2D eigenvalue weighted by atomic mass is 9.95. The van der Waals surface area contributed by atoms with Gasteiger partial charge in [-0.05, 0) is 62.3 Å². The van der Waals surface area contributed by atoms with Crippen molar-refractivity contribution in [3.63, 3.8) is 0 Å². The molecule has 2 fully saturated rings. The minimum atomic E-state index is -3.28. The first-order chi connectivity index (χ1) is 10.9. The fourth-order valence-corrected chi connectivity index (χ4v) is 4.68. The first-order valence-electron chi connectivity index (χ1n) is 8.28. The molecule has 1 N–H and O–H groups in total. The summed E-state index contributed by atoms with van der Waals surface area (Å²) in [6, 6.07) is 7.06. The van der Waals surface area contributed by atoms with Gasteiger partial charge in [-0.15, -0.1) is 0 Å². The third kappa shape index (κ3) is 3.22. The molecule has 3 rings (SSSR count). The van der Waals surface area contributed by atoms with Crippen molar-refractivity contribution in [2.75, 3.05) is 17.1 Å². The Balaban J connectivity index is 1.66. The fourth-order valence-electron chi connectivity index (χ4n) is 3.85. The highest BCUT2D eigenvalue weighted by atomic mass is 32.2. The Morgan fingerprint density at radius 1 is 1.22 bits per heavy atom. The predicted molar refractivity (Wildman–Crippen MR) is 91.0 cm³/mol. The van der Waals surface area contributed by atoms with Gasteiger partial charge in [0.2, 0.25) is 10.0 Å². The van der Waals surface area contributed by atoms with Gasteiger partial charge in [-0.25, -0.2) is 8.42 Å². The second-order valence-corrected chi connectivity index (χ2v) is 8.96. The number of sulfonamides is 1. The van der Waals surface area contributed by atoms with Gasteiger partial charge >= 0.3 is 0 Å². The SMILES string of the molecule is CCS(=O)(=O)N(C)c1ccc(C(=O)N[C@H]2C[C@H]3CC[C@H]2C3)cc1. The highest BCUT2D eigenvalue weighted by Crippen LogP contribution is 2.44. The van der Waals surface area contributed by atoms with Crippen LogP contribution >= 0.6 is 0 Å². The molecule has 2 aliphatic rings. The van der Waals surface area contributed by atoms with Gasteiger partial charge < -0.3 is 5.32 Å². The molecular formula is C17H24N2O3S. The average Bonchev–Trinajstić information content (AvgIpc) is 3.17. The summed E-state index contributed by atoms with van der Waals surface area (Å²) in [6.45, 7) is 1.61. The molecular weight excluding hydrogens is 312 g/mol. The van der Waals surface area contributed by atoms with E-state index in [2.05, 4.69) is 5.32 Å². The molecule has 0 unspecified atom stereocenters. The molecule has 1 aromatic carbocycles. The number of rotatable bonds is 5. The summed E-state index contributed by atoms with van der Waals surface area (Å²) in [7, 11) is -1.75. The summed E-state index contributed by atoms with van der Waals surface area (Å²) in [4.78, 5) is 12.4. The number of nitrogens with zero attached hydrogens (tertiary/aromatic N) is 1. The molecule has 0 heterocycles. The van der Waals surface area contributed by atoms with E-state index in [0.29, 0.717) is 23.2 Å². The first kappa shape index (κ1) is 16.3. The van der Waals surface area contributed by atoms with Crippen LogP contribution in [-0.2, 0) is 10.0 Å². The minimum Gasteiger partial charge on any atom is -0.349 e. The molecule has 23 heavy (non-hydrogen) atoms. The number of carbonyl (C=O) groups excluding carboxylic acids is 1. The maximum absolute atomic E-state index is 12.4. The Labute approximate surface area is 138 Å². The second-order valence-electron chi connectivity index (χ2n) is 6.67. The Kier molecular flexibility index (Phi) is 4.36. The van der Waals surface area contributed by atoms with Crippen LogP contribution in [0.25, 0.3) is 0 Å². The molecule has 2 bridgehead atoms. The van der Waals surface area contributed by atoms with Crippen LogP contribution in [0.2, 0.25) is 0 Å². The molecule has 2 saturated carbocycles. The predicted octanol–water partition coefficient (Wildman–Crippen LogP) is 2.39. The molecule has 0 saturated heterocycles. The number of hydrogen-bond donors (Lipinski definition) is 1. The van der Waals surface area contributed by atoms with Crippen molar-refractivity contribution in [1.29, 1.82) is 0 Å². The Hall–Kier alpha value is -1.56. The second kappa shape index (κ2) is 6.15. The zero-order valence-electron chi connectivity index (χ0n) is 13.7. The summed E-state index contributed by atoms with van der Waals surface area (Å²) >= 11 is 0. The average molecular weight is 336 g/mol. The van der Waals surface area contributed by atoms with Gasteiger partial charge in [0.25, 0.3) is 5.91 Å². The summed E-state index contributed by atoms with van der Waals surface area (Å²) in [5, 5.41) is 3.15. The Morgan fingerprint density at radius 2 is 1.91 bits per heavy atom. The molecule has 6 heteroatoms. The van der Waals surface area contributed by atoms with Crippen LogP contribution in [0.5, 0.6) is 0 Å². The van der Waals surface area contributed by atoms with E-state index in [1.54, 1.807) is 31.2 Å². The number of anilines is 1. The molecule has 5 nitrogen and oxygen atoms in total. The Morgan fingerprint density at radius 3 is 2.43 bits per heavy atom. The maximum atomic E-state index is 12.4. The van der Waals surface area contributed by atoms with E-state index in [1.165, 1.54) is 30.6 Å². The quantitative estimate of drug-likeness (QED) is 0.898. The van der Waals surface area contributed by atoms with Crippen molar-refractivity contribution < 1.29 is 13.2 Å². The van der Waals surface area contributed by atoms with Gasteiger partial charge in [0.05, 0.1) is 11.4 Å². The first-order valence-corrected chi connectivity index (χ1v) is 9.89. The molecule has 0 radical (unpaired) electrons. The van der Waals surface area contributed by atoms with E-state index >= 15 is 0 Å². The highest BCUT2D eigenvalue weighted by molar-refractivity contribution is 7.92. The van der Waals surface area contributed by atoms with E-state index in [0.717, 1.165) is 12.3 Å². The van der Waals surface area contributed by atoms with Crippen molar-refractivity contribution >= 4 is 21.6 Å². The number of benzene rings is 1. The Bertz CT molecular complexity index is 684. The lowest BCUT2D eigenvalue weighted by molar-refractivity contribution is 0.0923. The van der Waals surface area contributed by atoms with Crippen LogP contribution in [0, 0.1) is 11.8 Å². The van der Waals surface area contributed by atoms with Crippen LogP contribution in [0.3, 0.4) is 0 Å². The molecule has 1 amide bonds. The summed E-state index contributed by atoms with van der Waals surface area (Å²) in [5.41, 5.74) is 1.15. The molecule has 3 atom stereocenters. The van der Waals surface area contributed by atoms with Gasteiger partial charge in [-0.3, -0.25) is 9.10 Å². The van der Waals surface area contributed by atoms with Gasteiger partial charge in [0.15, 0.2) is 0 Å². The van der Waals surface area contributed by atoms with Crippen molar-refractivity contribution in [2.45, 2.75) is 38.6 Å².